The molecule has 0 spiro atoms. The Hall–Kier alpha value is -1.30. The standard InChI is InChI=1S/C10H18N2O4/c1-10(2,3)15-9(14)12(11)16-8(13)7-5-4-6-7/h7H,4-6,11H2,1-3H3. The summed E-state index contributed by atoms with van der Waals surface area (Å²) in [5.41, 5.74) is -0.669. The Balaban J connectivity index is 2.36. The Bertz CT molecular complexity index is 281. The van der Waals surface area contributed by atoms with Crippen molar-refractivity contribution in [3.63, 3.8) is 0 Å². The van der Waals surface area contributed by atoms with Crippen molar-refractivity contribution >= 4 is 12.1 Å². The van der Waals surface area contributed by atoms with Gasteiger partial charge in [0.25, 0.3) is 0 Å². The van der Waals surface area contributed by atoms with Crippen LogP contribution in [0.25, 0.3) is 0 Å². The van der Waals surface area contributed by atoms with Gasteiger partial charge in [-0.15, -0.1) is 0 Å². The van der Waals surface area contributed by atoms with E-state index in [1.54, 1.807) is 20.8 Å². The number of hydrogen-bond acceptors (Lipinski definition) is 5. The Morgan fingerprint density at radius 3 is 2.25 bits per heavy atom. The monoisotopic (exact) mass is 230 g/mol. The molecule has 0 saturated heterocycles. The first-order valence-electron chi connectivity index (χ1n) is 5.29. The fraction of sp³-hybridized carbons (Fsp3) is 0.800. The average Bonchev–Trinajstić information content (AvgIpc) is 1.96. The van der Waals surface area contributed by atoms with Crippen LogP contribution < -0.4 is 5.84 Å². The molecule has 0 aromatic heterocycles. The van der Waals surface area contributed by atoms with E-state index in [9.17, 15) is 9.59 Å². The zero-order valence-corrected chi connectivity index (χ0v) is 9.86. The Labute approximate surface area is 94.6 Å². The molecule has 0 heterocycles. The van der Waals surface area contributed by atoms with E-state index < -0.39 is 17.7 Å². The summed E-state index contributed by atoms with van der Waals surface area (Å²) in [7, 11) is 0. The second-order valence-electron chi connectivity index (χ2n) is 4.84. The summed E-state index contributed by atoms with van der Waals surface area (Å²) < 4.78 is 4.92. The van der Waals surface area contributed by atoms with Crippen LogP contribution in [0.4, 0.5) is 4.79 Å². The Morgan fingerprint density at radius 1 is 1.31 bits per heavy atom. The van der Waals surface area contributed by atoms with Crippen LogP contribution in [0.15, 0.2) is 0 Å². The first-order valence-corrected chi connectivity index (χ1v) is 5.29. The van der Waals surface area contributed by atoms with Gasteiger partial charge in [-0.2, -0.15) is 0 Å². The molecule has 0 aromatic rings. The van der Waals surface area contributed by atoms with E-state index in [-0.39, 0.29) is 5.92 Å². The van der Waals surface area contributed by atoms with Crippen molar-refractivity contribution in [1.29, 1.82) is 0 Å². The summed E-state index contributed by atoms with van der Waals surface area (Å²) in [5.74, 6) is 4.65. The van der Waals surface area contributed by atoms with E-state index in [4.69, 9.17) is 10.6 Å². The molecule has 1 aliphatic carbocycles. The largest absolute Gasteiger partial charge is 0.459 e. The molecule has 92 valence electrons. The SMILES string of the molecule is CC(C)(C)OC(=O)N(N)OC(=O)C1CCC1. The highest BCUT2D eigenvalue weighted by Crippen LogP contribution is 2.27. The van der Waals surface area contributed by atoms with Crippen molar-refractivity contribution < 1.29 is 19.2 Å². The summed E-state index contributed by atoms with van der Waals surface area (Å²) in [4.78, 5) is 27.3. The Kier molecular flexibility index (Phi) is 3.74. The molecule has 2 N–H and O–H groups in total. The maximum absolute atomic E-state index is 11.4. The van der Waals surface area contributed by atoms with Crippen molar-refractivity contribution in [3.05, 3.63) is 0 Å². The molecule has 0 aliphatic heterocycles. The van der Waals surface area contributed by atoms with Crippen LogP contribution in [0.2, 0.25) is 0 Å². The van der Waals surface area contributed by atoms with Gasteiger partial charge in [0.1, 0.15) is 5.60 Å². The lowest BCUT2D eigenvalue weighted by Crippen LogP contribution is -2.44. The van der Waals surface area contributed by atoms with Gasteiger partial charge in [0.2, 0.25) is 0 Å². The highest BCUT2D eigenvalue weighted by atomic mass is 16.8. The fourth-order valence-electron chi connectivity index (χ4n) is 1.16. The highest BCUT2D eigenvalue weighted by Gasteiger charge is 2.30. The first kappa shape index (κ1) is 12.8. The molecule has 1 fully saturated rings. The van der Waals surface area contributed by atoms with Gasteiger partial charge in [-0.25, -0.2) is 15.4 Å². The van der Waals surface area contributed by atoms with Gasteiger partial charge in [0.05, 0.1) is 5.92 Å². The normalized spacial score (nSPS) is 16.2. The van der Waals surface area contributed by atoms with Gasteiger partial charge in [-0.1, -0.05) is 11.6 Å². The van der Waals surface area contributed by atoms with Gasteiger partial charge < -0.3 is 9.57 Å². The van der Waals surface area contributed by atoms with Gasteiger partial charge in [-0.3, -0.25) is 0 Å². The van der Waals surface area contributed by atoms with Crippen LogP contribution in [0.3, 0.4) is 0 Å². The average molecular weight is 230 g/mol. The third kappa shape index (κ3) is 3.69. The molecule has 6 nitrogen and oxygen atoms in total. The molecule has 1 aliphatic rings. The third-order valence-corrected chi connectivity index (χ3v) is 2.20. The molecule has 16 heavy (non-hydrogen) atoms. The van der Waals surface area contributed by atoms with E-state index in [1.807, 2.05) is 0 Å². The second-order valence-corrected chi connectivity index (χ2v) is 4.84. The molecule has 0 aromatic carbocycles. The van der Waals surface area contributed by atoms with Crippen LogP contribution in [0.1, 0.15) is 40.0 Å². The second kappa shape index (κ2) is 4.69. The molecular weight excluding hydrogens is 212 g/mol. The van der Waals surface area contributed by atoms with Crippen LogP contribution in [-0.4, -0.2) is 22.8 Å². The van der Waals surface area contributed by atoms with Crippen molar-refractivity contribution in [3.8, 4) is 0 Å². The van der Waals surface area contributed by atoms with Gasteiger partial charge in [-0.05, 0) is 33.6 Å². The zero-order chi connectivity index (χ0) is 12.3. The maximum Gasteiger partial charge on any atom is 0.459 e. The van der Waals surface area contributed by atoms with Crippen LogP contribution in [-0.2, 0) is 14.4 Å². The predicted molar refractivity (Wildman–Crippen MR) is 55.7 cm³/mol. The molecule has 1 rings (SSSR count). The lowest BCUT2D eigenvalue weighted by atomic mass is 9.86. The van der Waals surface area contributed by atoms with Crippen LogP contribution in [0, 0.1) is 5.92 Å². The molecular formula is C10H18N2O4. The minimum atomic E-state index is -0.875. The number of amides is 1. The lowest BCUT2D eigenvalue weighted by Gasteiger charge is -2.26. The molecule has 0 unspecified atom stereocenters. The third-order valence-electron chi connectivity index (χ3n) is 2.20. The molecule has 0 atom stereocenters. The molecule has 1 saturated carbocycles. The first-order chi connectivity index (χ1) is 7.29. The van der Waals surface area contributed by atoms with E-state index in [0.717, 1.165) is 19.3 Å². The maximum atomic E-state index is 11.4. The van der Waals surface area contributed by atoms with E-state index >= 15 is 0 Å². The summed E-state index contributed by atoms with van der Waals surface area (Å²) in [6.07, 6.45) is 1.72. The number of ether oxygens (including phenoxy) is 1. The number of nitrogens with two attached hydrogens (primary N) is 1. The highest BCUT2D eigenvalue weighted by molar-refractivity contribution is 5.75. The van der Waals surface area contributed by atoms with Gasteiger partial charge in [0.15, 0.2) is 0 Å². The lowest BCUT2D eigenvalue weighted by molar-refractivity contribution is -0.193. The summed E-state index contributed by atoms with van der Waals surface area (Å²) in [5, 5.41) is 0.353. The van der Waals surface area contributed by atoms with Crippen LogP contribution in [0.5, 0.6) is 0 Å². The van der Waals surface area contributed by atoms with Crippen molar-refractivity contribution in [2.24, 2.45) is 11.8 Å². The van der Waals surface area contributed by atoms with E-state index in [0.29, 0.717) is 5.17 Å². The minimum absolute atomic E-state index is 0.131. The van der Waals surface area contributed by atoms with E-state index in [1.165, 1.54) is 0 Å². The molecule has 1 amide bonds. The fourth-order valence-corrected chi connectivity index (χ4v) is 1.16. The van der Waals surface area contributed by atoms with Gasteiger partial charge >= 0.3 is 12.1 Å². The molecule has 0 radical (unpaired) electrons. The summed E-state index contributed by atoms with van der Waals surface area (Å²) >= 11 is 0. The van der Waals surface area contributed by atoms with Crippen molar-refractivity contribution in [2.75, 3.05) is 0 Å². The van der Waals surface area contributed by atoms with Crippen molar-refractivity contribution in [1.82, 2.24) is 5.17 Å². The van der Waals surface area contributed by atoms with Gasteiger partial charge in [0, 0.05) is 0 Å². The van der Waals surface area contributed by atoms with Crippen molar-refractivity contribution in [2.45, 2.75) is 45.6 Å². The number of carbonyl (C=O) groups is 2. The number of hydrogen-bond donors (Lipinski definition) is 1. The van der Waals surface area contributed by atoms with Crippen LogP contribution >= 0.6 is 0 Å². The number of nitrogens with zero attached hydrogens (tertiary/aromatic N) is 1. The topological polar surface area (TPSA) is 81.9 Å². The summed E-state index contributed by atoms with van der Waals surface area (Å²) in [6, 6.07) is 0. The number of hydroxylamine groups is 1. The number of rotatable bonds is 1. The quantitative estimate of drug-likeness (QED) is 0.418. The number of hydrazine groups is 1. The molecule has 0 bridgehead atoms. The Morgan fingerprint density at radius 2 is 1.88 bits per heavy atom. The minimum Gasteiger partial charge on any atom is -0.441 e. The predicted octanol–water partition coefficient (Wildman–Crippen LogP) is 1.36. The zero-order valence-electron chi connectivity index (χ0n) is 9.86. The molecule has 6 heteroatoms. The summed E-state index contributed by atoms with van der Waals surface area (Å²) in [6.45, 7) is 5.10. The van der Waals surface area contributed by atoms with E-state index in [2.05, 4.69) is 4.84 Å². The number of carbonyl (C=O) groups excluding carboxylic acids is 2. The smallest absolute Gasteiger partial charge is 0.441 e.